The molecule has 3 heterocycles. The van der Waals surface area contributed by atoms with Crippen molar-refractivity contribution in [3.05, 3.63) is 88.5 Å². The number of amides is 1. The number of hydrogen-bond donors (Lipinski definition) is 3. The predicted molar refractivity (Wildman–Crippen MR) is 150 cm³/mol. The summed E-state index contributed by atoms with van der Waals surface area (Å²) in [6.07, 6.45) is 3.91. The average Bonchev–Trinajstić information content (AvgIpc) is 3.52. The fourth-order valence-corrected chi connectivity index (χ4v) is 4.63. The van der Waals surface area contributed by atoms with Gasteiger partial charge in [0.15, 0.2) is 23.0 Å². The zero-order valence-corrected chi connectivity index (χ0v) is 22.7. The van der Waals surface area contributed by atoms with Gasteiger partial charge in [0, 0.05) is 5.92 Å². The molecule has 0 bridgehead atoms. The number of ether oxygens (including phenoxy) is 3. The summed E-state index contributed by atoms with van der Waals surface area (Å²) in [6.45, 7) is 3.78. The molecule has 2 aromatic heterocycles. The summed E-state index contributed by atoms with van der Waals surface area (Å²) < 4.78 is 19.8. The first-order valence-corrected chi connectivity index (χ1v) is 13.2. The van der Waals surface area contributed by atoms with E-state index in [1.807, 2.05) is 60.7 Å². The Balaban J connectivity index is 1.45. The van der Waals surface area contributed by atoms with Crippen LogP contribution in [0.2, 0.25) is 0 Å². The molecule has 2 aromatic carbocycles. The monoisotopic (exact) mass is 557 g/mol. The second kappa shape index (κ2) is 12.0. The van der Waals surface area contributed by atoms with E-state index in [1.165, 1.54) is 10.9 Å². The number of anilines is 1. The van der Waals surface area contributed by atoms with Gasteiger partial charge < -0.3 is 19.3 Å². The fraction of sp³-hybridized carbons (Fsp3) is 0.333. The van der Waals surface area contributed by atoms with E-state index < -0.39 is 29.6 Å². The number of fused-ring (bicyclic) bond motifs is 1. The minimum atomic E-state index is -1.49. The largest absolute Gasteiger partial charge is 0.386 e. The molecule has 0 aliphatic carbocycles. The van der Waals surface area contributed by atoms with E-state index in [0.717, 1.165) is 11.1 Å². The van der Waals surface area contributed by atoms with Gasteiger partial charge in [-0.25, -0.2) is 4.98 Å². The number of carbonyl (C=O) groups is 1. The highest BCUT2D eigenvalue weighted by molar-refractivity contribution is 5.91. The third-order valence-electron chi connectivity index (χ3n) is 6.82. The van der Waals surface area contributed by atoms with Crippen molar-refractivity contribution in [2.24, 2.45) is 5.92 Å². The van der Waals surface area contributed by atoms with Gasteiger partial charge in [-0.05, 0) is 11.1 Å². The average molecular weight is 558 g/mol. The molecule has 212 valence electrons. The first-order chi connectivity index (χ1) is 19.8. The number of aromatic nitrogens is 4. The fourth-order valence-electron chi connectivity index (χ4n) is 4.63. The molecule has 1 aliphatic heterocycles. The third-order valence-corrected chi connectivity index (χ3v) is 6.82. The van der Waals surface area contributed by atoms with Gasteiger partial charge in [-0.2, -0.15) is 4.98 Å². The number of aliphatic hydroxyl groups is 1. The van der Waals surface area contributed by atoms with Crippen LogP contribution in [0.25, 0.3) is 11.2 Å². The SMILES string of the molecule is C#C[C@]1(COCc2ccccc2)O[C@@H](n2cnc3nc(NC(=O)C(C)C)[nH]c(=O)c32)C(O)C1OCc1ccccc1. The molecular weight excluding hydrogens is 526 g/mol. The van der Waals surface area contributed by atoms with Crippen molar-refractivity contribution in [2.75, 3.05) is 11.9 Å². The minimum Gasteiger partial charge on any atom is -0.386 e. The topological polar surface area (TPSA) is 141 Å². The van der Waals surface area contributed by atoms with Crippen LogP contribution in [0.4, 0.5) is 5.95 Å². The zero-order chi connectivity index (χ0) is 29.0. The normalized spacial score (nSPS) is 22.2. The molecule has 0 saturated carbocycles. The Morgan fingerprint density at radius 1 is 1.17 bits per heavy atom. The van der Waals surface area contributed by atoms with Crippen molar-refractivity contribution in [1.29, 1.82) is 0 Å². The van der Waals surface area contributed by atoms with Crippen molar-refractivity contribution in [3.63, 3.8) is 0 Å². The van der Waals surface area contributed by atoms with Gasteiger partial charge in [-0.1, -0.05) is 80.4 Å². The molecule has 1 amide bonds. The molecule has 1 aliphatic rings. The Kier molecular flexibility index (Phi) is 8.28. The Bertz CT molecular complexity index is 1600. The molecular formula is C30H31N5O6. The molecule has 4 aromatic rings. The number of hydrogen-bond acceptors (Lipinski definition) is 8. The molecule has 11 heteroatoms. The number of nitrogens with one attached hydrogen (secondary N) is 2. The first-order valence-electron chi connectivity index (χ1n) is 13.2. The van der Waals surface area contributed by atoms with Gasteiger partial charge >= 0.3 is 0 Å². The van der Waals surface area contributed by atoms with E-state index >= 15 is 0 Å². The van der Waals surface area contributed by atoms with Gasteiger partial charge in [-0.3, -0.25) is 24.5 Å². The summed E-state index contributed by atoms with van der Waals surface area (Å²) in [7, 11) is 0. The van der Waals surface area contributed by atoms with E-state index in [9.17, 15) is 14.7 Å². The molecule has 11 nitrogen and oxygen atoms in total. The second-order valence-electron chi connectivity index (χ2n) is 10.1. The molecule has 2 unspecified atom stereocenters. The highest BCUT2D eigenvalue weighted by Crippen LogP contribution is 2.40. The lowest BCUT2D eigenvalue weighted by molar-refractivity contribution is -0.123. The van der Waals surface area contributed by atoms with Crippen LogP contribution >= 0.6 is 0 Å². The number of rotatable bonds is 10. The maximum Gasteiger partial charge on any atom is 0.278 e. The van der Waals surface area contributed by atoms with Gasteiger partial charge in [0.25, 0.3) is 5.56 Å². The number of nitrogens with zero attached hydrogens (tertiary/aromatic N) is 3. The molecule has 0 radical (unpaired) electrons. The standard InChI is InChI=1S/C30H31N5O6/c1-4-30(17-39-15-20-11-7-5-8-12-20)24(40-16-21-13-9-6-10-14-21)23(36)28(41-30)35-18-31-25-22(35)27(38)34-29(32-25)33-26(37)19(2)3/h1,5-14,18-19,23-24,28,36H,15-17H2,2-3H3,(H2,32,33,34,37,38)/t23?,24?,28-,30-/m1/s1. The summed E-state index contributed by atoms with van der Waals surface area (Å²) >= 11 is 0. The first kappa shape index (κ1) is 28.2. The maximum atomic E-state index is 13.1. The Morgan fingerprint density at radius 3 is 2.46 bits per heavy atom. The van der Waals surface area contributed by atoms with Gasteiger partial charge in [0.05, 0.1) is 19.8 Å². The quantitative estimate of drug-likeness (QED) is 0.253. The van der Waals surface area contributed by atoms with Crippen molar-refractivity contribution >= 4 is 23.0 Å². The van der Waals surface area contributed by atoms with E-state index in [2.05, 4.69) is 26.2 Å². The van der Waals surface area contributed by atoms with Crippen molar-refractivity contribution in [1.82, 2.24) is 19.5 Å². The zero-order valence-electron chi connectivity index (χ0n) is 22.7. The number of H-pyrrole nitrogens is 1. The summed E-state index contributed by atoms with van der Waals surface area (Å²) in [5.41, 5.74) is -0.155. The number of imidazole rings is 1. The number of carbonyl (C=O) groups excluding carboxylic acids is 1. The highest BCUT2D eigenvalue weighted by atomic mass is 16.6. The summed E-state index contributed by atoms with van der Waals surface area (Å²) in [5, 5.41) is 14.1. The summed E-state index contributed by atoms with van der Waals surface area (Å²) in [4.78, 5) is 36.3. The molecule has 5 rings (SSSR count). The predicted octanol–water partition coefficient (Wildman–Crippen LogP) is 2.78. The van der Waals surface area contributed by atoms with Gasteiger partial charge in [-0.15, -0.1) is 6.42 Å². The molecule has 1 fully saturated rings. The summed E-state index contributed by atoms with van der Waals surface area (Å²) in [5.74, 6) is 2.00. The van der Waals surface area contributed by atoms with Crippen LogP contribution in [0.1, 0.15) is 31.2 Å². The molecule has 1 saturated heterocycles. The molecule has 0 spiro atoms. The van der Waals surface area contributed by atoms with Crippen molar-refractivity contribution < 1.29 is 24.1 Å². The van der Waals surface area contributed by atoms with E-state index in [1.54, 1.807) is 13.8 Å². The van der Waals surface area contributed by atoms with Crippen LogP contribution < -0.4 is 10.9 Å². The number of benzene rings is 2. The molecule has 41 heavy (non-hydrogen) atoms. The lowest BCUT2D eigenvalue weighted by Crippen LogP contribution is -2.47. The van der Waals surface area contributed by atoms with Crippen molar-refractivity contribution in [3.8, 4) is 12.3 Å². The highest BCUT2D eigenvalue weighted by Gasteiger charge is 2.56. The van der Waals surface area contributed by atoms with Crippen LogP contribution in [0, 0.1) is 18.3 Å². The van der Waals surface area contributed by atoms with Crippen LogP contribution in [0.5, 0.6) is 0 Å². The minimum absolute atomic E-state index is 0.0318. The van der Waals surface area contributed by atoms with Crippen molar-refractivity contribution in [2.45, 2.75) is 51.1 Å². The van der Waals surface area contributed by atoms with Crippen LogP contribution in [-0.2, 0) is 32.2 Å². The van der Waals surface area contributed by atoms with E-state index in [4.69, 9.17) is 20.6 Å². The lowest BCUT2D eigenvalue weighted by Gasteiger charge is -2.29. The van der Waals surface area contributed by atoms with E-state index in [0.29, 0.717) is 0 Å². The lowest BCUT2D eigenvalue weighted by atomic mass is 9.96. The molecule has 3 N–H and O–H groups in total. The smallest absolute Gasteiger partial charge is 0.278 e. The Morgan fingerprint density at radius 2 is 1.83 bits per heavy atom. The summed E-state index contributed by atoms with van der Waals surface area (Å²) in [6, 6.07) is 19.0. The Hall–Kier alpha value is -4.34. The number of aromatic amines is 1. The number of aliphatic hydroxyl groups excluding tert-OH is 1. The number of terminal acetylenes is 1. The van der Waals surface area contributed by atoms with E-state index in [-0.39, 0.29) is 48.8 Å². The van der Waals surface area contributed by atoms with Gasteiger partial charge in [0.1, 0.15) is 18.5 Å². The molecule has 4 atom stereocenters. The third kappa shape index (κ3) is 5.91. The van der Waals surface area contributed by atoms with Gasteiger partial charge in [0.2, 0.25) is 11.9 Å². The maximum absolute atomic E-state index is 13.1. The Labute approximate surface area is 236 Å². The van der Waals surface area contributed by atoms with Crippen LogP contribution in [0.3, 0.4) is 0 Å². The van der Waals surface area contributed by atoms with Crippen LogP contribution in [-0.4, -0.2) is 54.9 Å². The van der Waals surface area contributed by atoms with Crippen LogP contribution in [0.15, 0.2) is 71.8 Å². The second-order valence-corrected chi connectivity index (χ2v) is 10.1.